The number of nitrogens with two attached hydrogens (primary N) is 1. The molecule has 0 saturated carbocycles. The molecule has 2 rings (SSSR count). The van der Waals surface area contributed by atoms with E-state index >= 15 is 0 Å². The van der Waals surface area contributed by atoms with E-state index in [2.05, 4.69) is 43.3 Å². The summed E-state index contributed by atoms with van der Waals surface area (Å²) in [5.41, 5.74) is 11.8. The van der Waals surface area contributed by atoms with Crippen molar-refractivity contribution in [3.63, 3.8) is 0 Å². The second kappa shape index (κ2) is 6.39. The second-order valence-electron chi connectivity index (χ2n) is 4.71. The van der Waals surface area contributed by atoms with Gasteiger partial charge in [0.2, 0.25) is 0 Å². The van der Waals surface area contributed by atoms with E-state index in [4.69, 9.17) is 10.5 Å². The third-order valence-corrected chi connectivity index (χ3v) is 3.41. The van der Waals surface area contributed by atoms with Crippen LogP contribution in [0.5, 0.6) is 0 Å². The summed E-state index contributed by atoms with van der Waals surface area (Å²) in [4.78, 5) is 0. The highest BCUT2D eigenvalue weighted by Gasteiger charge is 2.02. The smallest absolute Gasteiger partial charge is 0.0502 e. The van der Waals surface area contributed by atoms with Gasteiger partial charge in [0.05, 0.1) is 6.61 Å². The van der Waals surface area contributed by atoms with Crippen LogP contribution in [0.15, 0.2) is 42.5 Å². The quantitative estimate of drug-likeness (QED) is 0.827. The second-order valence-corrected chi connectivity index (χ2v) is 4.71. The fourth-order valence-corrected chi connectivity index (χ4v) is 2.18. The number of hydrogen-bond acceptors (Lipinski definition) is 2. The number of ether oxygens (including phenoxy) is 1. The Kier molecular flexibility index (Phi) is 4.58. The summed E-state index contributed by atoms with van der Waals surface area (Å²) < 4.78 is 5.09. The molecular weight excluding hydrogens is 234 g/mol. The van der Waals surface area contributed by atoms with E-state index in [0.29, 0.717) is 0 Å². The van der Waals surface area contributed by atoms with Gasteiger partial charge in [-0.2, -0.15) is 0 Å². The van der Waals surface area contributed by atoms with Crippen LogP contribution in [-0.2, 0) is 17.6 Å². The summed E-state index contributed by atoms with van der Waals surface area (Å²) in [5.74, 6) is 0. The highest BCUT2D eigenvalue weighted by Crippen LogP contribution is 2.24. The van der Waals surface area contributed by atoms with Crippen molar-refractivity contribution < 1.29 is 4.74 Å². The van der Waals surface area contributed by atoms with Crippen LogP contribution < -0.4 is 5.73 Å². The number of aryl methyl sites for hydroxylation is 1. The Labute approximate surface area is 115 Å². The molecule has 0 bridgehead atoms. The lowest BCUT2D eigenvalue weighted by molar-refractivity contribution is 0.202. The molecule has 2 N–H and O–H groups in total. The predicted octanol–water partition coefficient (Wildman–Crippen LogP) is 3.69. The molecule has 2 heteroatoms. The normalized spacial score (nSPS) is 10.6. The van der Waals surface area contributed by atoms with Crippen molar-refractivity contribution in [2.24, 2.45) is 0 Å². The number of anilines is 1. The van der Waals surface area contributed by atoms with Gasteiger partial charge < -0.3 is 10.5 Å². The van der Waals surface area contributed by atoms with Crippen LogP contribution in [0.4, 0.5) is 5.69 Å². The summed E-state index contributed by atoms with van der Waals surface area (Å²) in [5, 5.41) is 0. The topological polar surface area (TPSA) is 35.2 Å². The van der Waals surface area contributed by atoms with Crippen LogP contribution in [0.1, 0.15) is 18.1 Å². The first-order valence-electron chi connectivity index (χ1n) is 6.71. The summed E-state index contributed by atoms with van der Waals surface area (Å²) >= 11 is 0. The monoisotopic (exact) mass is 255 g/mol. The number of rotatable bonds is 5. The number of methoxy groups -OCH3 is 1. The SMILES string of the molecule is CCc1cc(-c2ccc(CCOC)cc2)ccc1N. The lowest BCUT2D eigenvalue weighted by Crippen LogP contribution is -1.95. The largest absolute Gasteiger partial charge is 0.399 e. The van der Waals surface area contributed by atoms with E-state index in [9.17, 15) is 0 Å². The van der Waals surface area contributed by atoms with Crippen LogP contribution in [0.25, 0.3) is 11.1 Å². The Bertz CT molecular complexity index is 531. The molecule has 0 fully saturated rings. The van der Waals surface area contributed by atoms with Gasteiger partial charge in [-0.15, -0.1) is 0 Å². The van der Waals surface area contributed by atoms with E-state index in [1.807, 2.05) is 6.07 Å². The maximum Gasteiger partial charge on any atom is 0.0502 e. The van der Waals surface area contributed by atoms with Gasteiger partial charge in [-0.3, -0.25) is 0 Å². The molecule has 2 aromatic rings. The molecule has 2 aromatic carbocycles. The molecule has 0 aliphatic carbocycles. The molecule has 19 heavy (non-hydrogen) atoms. The van der Waals surface area contributed by atoms with E-state index < -0.39 is 0 Å². The molecule has 0 radical (unpaired) electrons. The zero-order valence-corrected chi connectivity index (χ0v) is 11.6. The Balaban J connectivity index is 2.22. The summed E-state index contributed by atoms with van der Waals surface area (Å²) in [6, 6.07) is 14.9. The van der Waals surface area contributed by atoms with Crippen molar-refractivity contribution in [3.8, 4) is 11.1 Å². The van der Waals surface area contributed by atoms with Gasteiger partial charge >= 0.3 is 0 Å². The molecule has 0 amide bonds. The third kappa shape index (κ3) is 3.36. The molecule has 0 atom stereocenters. The minimum Gasteiger partial charge on any atom is -0.399 e. The lowest BCUT2D eigenvalue weighted by Gasteiger charge is -2.08. The van der Waals surface area contributed by atoms with Gasteiger partial charge in [-0.25, -0.2) is 0 Å². The van der Waals surface area contributed by atoms with Crippen molar-refractivity contribution in [1.29, 1.82) is 0 Å². The Hall–Kier alpha value is -1.80. The molecule has 2 nitrogen and oxygen atoms in total. The molecule has 0 aliphatic rings. The summed E-state index contributed by atoms with van der Waals surface area (Å²) in [6.07, 6.45) is 1.92. The molecular formula is C17H21NO. The Morgan fingerprint density at radius 2 is 1.68 bits per heavy atom. The Morgan fingerprint density at radius 1 is 1.00 bits per heavy atom. The van der Waals surface area contributed by atoms with Crippen LogP contribution in [0.3, 0.4) is 0 Å². The molecule has 0 saturated heterocycles. The molecule has 0 heterocycles. The molecule has 0 aromatic heterocycles. The van der Waals surface area contributed by atoms with Crippen LogP contribution in [0, 0.1) is 0 Å². The van der Waals surface area contributed by atoms with E-state index in [1.54, 1.807) is 7.11 Å². The zero-order chi connectivity index (χ0) is 13.7. The van der Waals surface area contributed by atoms with Crippen LogP contribution in [-0.4, -0.2) is 13.7 Å². The van der Waals surface area contributed by atoms with Crippen molar-refractivity contribution >= 4 is 5.69 Å². The minimum absolute atomic E-state index is 0.765. The van der Waals surface area contributed by atoms with E-state index in [0.717, 1.165) is 25.1 Å². The van der Waals surface area contributed by atoms with Crippen LogP contribution in [0.2, 0.25) is 0 Å². The molecule has 0 spiro atoms. The average molecular weight is 255 g/mol. The summed E-state index contributed by atoms with van der Waals surface area (Å²) in [7, 11) is 1.73. The van der Waals surface area contributed by atoms with Crippen molar-refractivity contribution in [1.82, 2.24) is 0 Å². The van der Waals surface area contributed by atoms with Gasteiger partial charge in [0.25, 0.3) is 0 Å². The molecule has 0 aliphatic heterocycles. The Morgan fingerprint density at radius 3 is 2.32 bits per heavy atom. The van der Waals surface area contributed by atoms with Gasteiger partial charge in [0, 0.05) is 12.8 Å². The first kappa shape index (κ1) is 13.6. The lowest BCUT2D eigenvalue weighted by atomic mass is 9.99. The zero-order valence-electron chi connectivity index (χ0n) is 11.6. The first-order valence-corrected chi connectivity index (χ1v) is 6.71. The fraction of sp³-hybridized carbons (Fsp3) is 0.294. The van der Waals surface area contributed by atoms with E-state index in [1.165, 1.54) is 22.3 Å². The van der Waals surface area contributed by atoms with Gasteiger partial charge in [0.15, 0.2) is 0 Å². The van der Waals surface area contributed by atoms with Crippen molar-refractivity contribution in [3.05, 3.63) is 53.6 Å². The maximum absolute atomic E-state index is 5.94. The van der Waals surface area contributed by atoms with Gasteiger partial charge in [0.1, 0.15) is 0 Å². The van der Waals surface area contributed by atoms with Crippen molar-refractivity contribution in [2.45, 2.75) is 19.8 Å². The van der Waals surface area contributed by atoms with Crippen molar-refractivity contribution in [2.75, 3.05) is 19.5 Å². The predicted molar refractivity (Wildman–Crippen MR) is 81.2 cm³/mol. The third-order valence-electron chi connectivity index (χ3n) is 3.41. The molecule has 0 unspecified atom stereocenters. The highest BCUT2D eigenvalue weighted by atomic mass is 16.5. The summed E-state index contributed by atoms with van der Waals surface area (Å²) in [6.45, 7) is 2.89. The van der Waals surface area contributed by atoms with Gasteiger partial charge in [-0.05, 0) is 47.2 Å². The van der Waals surface area contributed by atoms with E-state index in [-0.39, 0.29) is 0 Å². The standard InChI is InChI=1S/C17H21NO/c1-3-14-12-16(8-9-17(14)18)15-6-4-13(5-7-15)10-11-19-2/h4-9,12H,3,10-11,18H2,1-2H3. The number of benzene rings is 2. The van der Waals surface area contributed by atoms with Crippen LogP contribution >= 0.6 is 0 Å². The highest BCUT2D eigenvalue weighted by molar-refractivity contribution is 5.68. The minimum atomic E-state index is 0.765. The number of hydrogen-bond donors (Lipinski definition) is 1. The maximum atomic E-state index is 5.94. The first-order chi connectivity index (χ1) is 9.24. The fourth-order valence-electron chi connectivity index (χ4n) is 2.18. The number of nitrogen functional groups attached to an aromatic ring is 1. The average Bonchev–Trinajstić information content (AvgIpc) is 2.46. The van der Waals surface area contributed by atoms with Gasteiger partial charge in [-0.1, -0.05) is 37.3 Å². The molecule has 100 valence electrons.